The van der Waals surface area contributed by atoms with Crippen LogP contribution in [0.2, 0.25) is 0 Å². The molecule has 0 spiro atoms. The van der Waals surface area contributed by atoms with Crippen molar-refractivity contribution in [3.63, 3.8) is 0 Å². The number of nitrogens with zero attached hydrogens (tertiary/aromatic N) is 1. The smallest absolute Gasteiger partial charge is 0.106 e. The van der Waals surface area contributed by atoms with Gasteiger partial charge in [-0.25, -0.2) is 0 Å². The molecule has 0 radical (unpaired) electrons. The fourth-order valence-electron chi connectivity index (χ4n) is 3.05. The van der Waals surface area contributed by atoms with E-state index in [2.05, 4.69) is 54.5 Å². The fourth-order valence-corrected chi connectivity index (χ4v) is 3.05. The van der Waals surface area contributed by atoms with E-state index in [1.165, 1.54) is 27.5 Å². The molecular formula is C18H19NO. The van der Waals surface area contributed by atoms with Crippen molar-refractivity contribution in [3.8, 4) is 0 Å². The van der Waals surface area contributed by atoms with Crippen LogP contribution in [-0.4, -0.2) is 12.8 Å². The van der Waals surface area contributed by atoms with Crippen LogP contribution in [0.15, 0.2) is 53.2 Å². The minimum Gasteiger partial charge on any atom is -0.399 e. The third kappa shape index (κ3) is 2.22. The van der Waals surface area contributed by atoms with E-state index in [0.717, 1.165) is 25.0 Å². The van der Waals surface area contributed by atoms with Crippen molar-refractivity contribution in [1.82, 2.24) is 0 Å². The summed E-state index contributed by atoms with van der Waals surface area (Å²) >= 11 is 0. The van der Waals surface area contributed by atoms with E-state index in [1.54, 1.807) is 7.11 Å². The molecule has 2 heteroatoms. The second-order valence-electron chi connectivity index (χ2n) is 5.26. The molecule has 0 unspecified atom stereocenters. The quantitative estimate of drug-likeness (QED) is 0.715. The van der Waals surface area contributed by atoms with Gasteiger partial charge < -0.3 is 4.84 Å². The van der Waals surface area contributed by atoms with Crippen LogP contribution in [0.3, 0.4) is 0 Å². The Balaban J connectivity index is 2.25. The van der Waals surface area contributed by atoms with Crippen molar-refractivity contribution in [3.05, 3.63) is 53.6 Å². The Hall–Kier alpha value is -2.09. The second kappa shape index (κ2) is 5.49. The van der Waals surface area contributed by atoms with Crippen molar-refractivity contribution in [1.29, 1.82) is 0 Å². The number of allylic oxidation sites excluding steroid dienone is 2. The molecule has 2 aromatic carbocycles. The highest BCUT2D eigenvalue weighted by Crippen LogP contribution is 2.34. The molecule has 1 aliphatic carbocycles. The van der Waals surface area contributed by atoms with E-state index in [1.807, 2.05) is 0 Å². The largest absolute Gasteiger partial charge is 0.399 e. The third-order valence-electron chi connectivity index (χ3n) is 3.94. The molecule has 0 aliphatic heterocycles. The normalized spacial score (nSPS) is 17.8. The van der Waals surface area contributed by atoms with Crippen molar-refractivity contribution >= 4 is 22.1 Å². The second-order valence-corrected chi connectivity index (χ2v) is 5.26. The van der Waals surface area contributed by atoms with Crippen LogP contribution in [-0.2, 0) is 4.84 Å². The van der Waals surface area contributed by atoms with Gasteiger partial charge in [-0.1, -0.05) is 53.2 Å². The molecule has 2 nitrogen and oxygen atoms in total. The van der Waals surface area contributed by atoms with E-state index in [9.17, 15) is 0 Å². The Bertz CT molecular complexity index is 692. The first kappa shape index (κ1) is 12.9. The first-order valence-corrected chi connectivity index (χ1v) is 7.09. The lowest BCUT2D eigenvalue weighted by molar-refractivity contribution is 0.213. The summed E-state index contributed by atoms with van der Waals surface area (Å²) in [7, 11) is 1.62. The maximum absolute atomic E-state index is 5.05. The monoisotopic (exact) mass is 265 g/mol. The molecule has 20 heavy (non-hydrogen) atoms. The summed E-state index contributed by atoms with van der Waals surface area (Å²) in [4.78, 5) is 5.05. The minimum absolute atomic E-state index is 0.990. The predicted molar refractivity (Wildman–Crippen MR) is 84.8 cm³/mol. The number of oxime groups is 1. The maximum Gasteiger partial charge on any atom is 0.106 e. The molecule has 0 amide bonds. The van der Waals surface area contributed by atoms with Gasteiger partial charge in [0.25, 0.3) is 0 Å². The highest BCUT2D eigenvalue weighted by molar-refractivity contribution is 6.27. The average Bonchev–Trinajstić information content (AvgIpc) is 2.48. The number of benzene rings is 2. The summed E-state index contributed by atoms with van der Waals surface area (Å²) in [6, 6.07) is 15.0. The van der Waals surface area contributed by atoms with E-state index in [-0.39, 0.29) is 0 Å². The minimum atomic E-state index is 0.990. The summed E-state index contributed by atoms with van der Waals surface area (Å²) in [5.74, 6) is 0. The third-order valence-corrected chi connectivity index (χ3v) is 3.94. The molecule has 0 N–H and O–H groups in total. The molecule has 102 valence electrons. The summed E-state index contributed by atoms with van der Waals surface area (Å²) in [5, 5.41) is 6.82. The molecular weight excluding hydrogens is 246 g/mol. The number of rotatable bonds is 2. The molecule has 0 aromatic heterocycles. The molecule has 3 rings (SSSR count). The van der Waals surface area contributed by atoms with Gasteiger partial charge in [-0.3, -0.25) is 0 Å². The van der Waals surface area contributed by atoms with Gasteiger partial charge in [0.15, 0.2) is 0 Å². The highest BCUT2D eigenvalue weighted by atomic mass is 16.6. The lowest BCUT2D eigenvalue weighted by Gasteiger charge is -2.21. The number of hydrogen-bond donors (Lipinski definition) is 0. The van der Waals surface area contributed by atoms with Gasteiger partial charge in [0.05, 0.1) is 5.71 Å². The van der Waals surface area contributed by atoms with Crippen LogP contribution in [0.25, 0.3) is 16.3 Å². The highest BCUT2D eigenvalue weighted by Gasteiger charge is 2.20. The number of fused-ring (bicyclic) bond motifs is 1. The van der Waals surface area contributed by atoms with Crippen LogP contribution in [0.5, 0.6) is 0 Å². The zero-order valence-corrected chi connectivity index (χ0v) is 12.0. The lowest BCUT2D eigenvalue weighted by atomic mass is 9.84. The van der Waals surface area contributed by atoms with Crippen LogP contribution < -0.4 is 0 Å². The van der Waals surface area contributed by atoms with Gasteiger partial charge >= 0.3 is 0 Å². The Morgan fingerprint density at radius 3 is 2.65 bits per heavy atom. The molecule has 2 aromatic rings. The van der Waals surface area contributed by atoms with E-state index < -0.39 is 0 Å². The van der Waals surface area contributed by atoms with Gasteiger partial charge in [-0.15, -0.1) is 0 Å². The summed E-state index contributed by atoms with van der Waals surface area (Å²) < 4.78 is 0. The van der Waals surface area contributed by atoms with Crippen LogP contribution >= 0.6 is 0 Å². The van der Waals surface area contributed by atoms with Crippen molar-refractivity contribution in [2.45, 2.75) is 26.2 Å². The van der Waals surface area contributed by atoms with Gasteiger partial charge in [0.1, 0.15) is 7.11 Å². The predicted octanol–water partition coefficient (Wildman–Crippen LogP) is 4.80. The summed E-state index contributed by atoms with van der Waals surface area (Å²) in [5.41, 5.74) is 5.03. The van der Waals surface area contributed by atoms with Gasteiger partial charge in [0, 0.05) is 5.57 Å². The standard InChI is InChI=1S/C18H19NO/c1-13-7-5-12-17(19-20-2)18(13)16-11-6-9-14-8-3-4-10-15(14)16/h3-4,6,8-11H,5,7,12H2,1-2H3/b19-17+. The molecule has 0 heterocycles. The number of hydrogen-bond acceptors (Lipinski definition) is 2. The van der Waals surface area contributed by atoms with E-state index in [4.69, 9.17) is 4.84 Å². The first-order valence-electron chi connectivity index (χ1n) is 7.09. The summed E-state index contributed by atoms with van der Waals surface area (Å²) in [6.45, 7) is 2.21. The Morgan fingerprint density at radius 1 is 1.00 bits per heavy atom. The molecule has 0 fully saturated rings. The van der Waals surface area contributed by atoms with Gasteiger partial charge in [-0.2, -0.15) is 0 Å². The Labute approximate surface area is 119 Å². The Kier molecular flexibility index (Phi) is 3.55. The zero-order valence-electron chi connectivity index (χ0n) is 12.0. The molecule has 0 bridgehead atoms. The molecule has 0 saturated carbocycles. The van der Waals surface area contributed by atoms with Crippen molar-refractivity contribution in [2.75, 3.05) is 7.11 Å². The van der Waals surface area contributed by atoms with Gasteiger partial charge in [-0.05, 0) is 42.5 Å². The molecule has 0 saturated heterocycles. The molecule has 1 aliphatic rings. The Morgan fingerprint density at radius 2 is 1.80 bits per heavy atom. The van der Waals surface area contributed by atoms with E-state index >= 15 is 0 Å². The maximum atomic E-state index is 5.05. The fraction of sp³-hybridized carbons (Fsp3) is 0.278. The first-order chi connectivity index (χ1) is 9.81. The van der Waals surface area contributed by atoms with Crippen molar-refractivity contribution in [2.24, 2.45) is 5.16 Å². The zero-order chi connectivity index (χ0) is 13.9. The van der Waals surface area contributed by atoms with Gasteiger partial charge in [0.2, 0.25) is 0 Å². The van der Waals surface area contributed by atoms with Crippen LogP contribution in [0.4, 0.5) is 0 Å². The van der Waals surface area contributed by atoms with E-state index in [0.29, 0.717) is 0 Å². The average molecular weight is 265 g/mol. The van der Waals surface area contributed by atoms with Crippen LogP contribution in [0, 0.1) is 0 Å². The van der Waals surface area contributed by atoms with Crippen LogP contribution in [0.1, 0.15) is 31.7 Å². The SMILES string of the molecule is CO/N=C1\CCCC(C)=C1c1cccc2ccccc12. The van der Waals surface area contributed by atoms with Crippen molar-refractivity contribution < 1.29 is 4.84 Å². The summed E-state index contributed by atoms with van der Waals surface area (Å²) in [6.07, 6.45) is 3.29. The topological polar surface area (TPSA) is 21.6 Å². The molecule has 0 atom stereocenters. The lowest BCUT2D eigenvalue weighted by Crippen LogP contribution is -2.11.